The van der Waals surface area contributed by atoms with Gasteiger partial charge in [0.15, 0.2) is 5.82 Å². The Hall–Kier alpha value is -1.82. The van der Waals surface area contributed by atoms with Gasteiger partial charge in [-0.05, 0) is 30.7 Å². The lowest BCUT2D eigenvalue weighted by atomic mass is 10.1. The van der Waals surface area contributed by atoms with Gasteiger partial charge >= 0.3 is 0 Å². The summed E-state index contributed by atoms with van der Waals surface area (Å²) in [5.41, 5.74) is 0.478. The predicted molar refractivity (Wildman–Crippen MR) is 65.5 cm³/mol. The van der Waals surface area contributed by atoms with Gasteiger partial charge in [0.1, 0.15) is 11.6 Å². The van der Waals surface area contributed by atoms with Crippen molar-refractivity contribution < 1.29 is 13.3 Å². The summed E-state index contributed by atoms with van der Waals surface area (Å²) < 4.78 is 31.1. The van der Waals surface area contributed by atoms with Crippen LogP contribution < -0.4 is 5.32 Å². The molecule has 4 nitrogen and oxygen atoms in total. The second-order valence-electron chi connectivity index (χ2n) is 4.24. The summed E-state index contributed by atoms with van der Waals surface area (Å²) in [6, 6.07) is 3.35. The van der Waals surface area contributed by atoms with Crippen LogP contribution in [0.4, 0.5) is 8.78 Å². The minimum atomic E-state index is -0.608. The fourth-order valence-corrected chi connectivity index (χ4v) is 1.70. The first-order valence-electron chi connectivity index (χ1n) is 6.14. The molecule has 1 heterocycles. The van der Waals surface area contributed by atoms with Crippen molar-refractivity contribution >= 4 is 0 Å². The maximum absolute atomic E-state index is 13.0. The Morgan fingerprint density at radius 1 is 1.21 bits per heavy atom. The standard InChI is InChI=1S/C13H15F2N3O/c1-2-3-16-8-13-17-12(18-19-13)6-9-4-10(14)7-11(15)5-9/h4-5,7,16H,2-3,6,8H2,1H3. The number of nitrogens with zero attached hydrogens (tertiary/aromatic N) is 2. The summed E-state index contributed by atoms with van der Waals surface area (Å²) >= 11 is 0. The van der Waals surface area contributed by atoms with Crippen molar-refractivity contribution in [1.82, 2.24) is 15.5 Å². The topological polar surface area (TPSA) is 51.0 Å². The van der Waals surface area contributed by atoms with Gasteiger partial charge in [0.2, 0.25) is 5.89 Å². The fourth-order valence-electron chi connectivity index (χ4n) is 1.70. The van der Waals surface area contributed by atoms with E-state index in [0.29, 0.717) is 23.8 Å². The molecule has 102 valence electrons. The molecule has 2 aromatic rings. The molecule has 2 rings (SSSR count). The van der Waals surface area contributed by atoms with E-state index in [4.69, 9.17) is 4.52 Å². The maximum atomic E-state index is 13.0. The maximum Gasteiger partial charge on any atom is 0.240 e. The summed E-state index contributed by atoms with van der Waals surface area (Å²) in [5, 5.41) is 6.91. The highest BCUT2D eigenvalue weighted by atomic mass is 19.1. The van der Waals surface area contributed by atoms with E-state index in [0.717, 1.165) is 19.0 Å². The van der Waals surface area contributed by atoms with Crippen LogP contribution in [0.3, 0.4) is 0 Å². The number of hydrogen-bond acceptors (Lipinski definition) is 4. The molecule has 1 N–H and O–H groups in total. The average molecular weight is 267 g/mol. The van der Waals surface area contributed by atoms with Crippen LogP contribution in [0.5, 0.6) is 0 Å². The van der Waals surface area contributed by atoms with Crippen LogP contribution in [-0.2, 0) is 13.0 Å². The van der Waals surface area contributed by atoms with E-state index < -0.39 is 11.6 Å². The molecule has 19 heavy (non-hydrogen) atoms. The van der Waals surface area contributed by atoms with E-state index in [-0.39, 0.29) is 6.42 Å². The summed E-state index contributed by atoms with van der Waals surface area (Å²) in [7, 11) is 0. The fraction of sp³-hybridized carbons (Fsp3) is 0.385. The lowest BCUT2D eigenvalue weighted by Gasteiger charge is -1.98. The summed E-state index contributed by atoms with van der Waals surface area (Å²) in [6.07, 6.45) is 1.26. The quantitative estimate of drug-likeness (QED) is 0.817. The second-order valence-corrected chi connectivity index (χ2v) is 4.24. The van der Waals surface area contributed by atoms with Gasteiger partial charge in [0.05, 0.1) is 6.54 Å². The first-order chi connectivity index (χ1) is 9.17. The minimum Gasteiger partial charge on any atom is -0.338 e. The zero-order valence-corrected chi connectivity index (χ0v) is 10.6. The number of rotatable bonds is 6. The molecule has 0 aliphatic rings. The number of hydrogen-bond donors (Lipinski definition) is 1. The lowest BCUT2D eigenvalue weighted by molar-refractivity contribution is 0.363. The van der Waals surface area contributed by atoms with E-state index in [9.17, 15) is 8.78 Å². The second kappa shape index (κ2) is 6.38. The molecule has 0 spiro atoms. The highest BCUT2D eigenvalue weighted by Crippen LogP contribution is 2.11. The Bertz CT molecular complexity index is 522. The van der Waals surface area contributed by atoms with Crippen molar-refractivity contribution in [3.8, 4) is 0 Å². The summed E-state index contributed by atoms with van der Waals surface area (Å²) in [5.74, 6) is -0.328. The first-order valence-corrected chi connectivity index (χ1v) is 6.14. The Labute approximate surface area is 109 Å². The molecule has 0 amide bonds. The van der Waals surface area contributed by atoms with Crippen LogP contribution in [0.15, 0.2) is 22.7 Å². The van der Waals surface area contributed by atoms with Gasteiger partial charge in [0, 0.05) is 12.5 Å². The van der Waals surface area contributed by atoms with E-state index in [1.165, 1.54) is 12.1 Å². The van der Waals surface area contributed by atoms with Crippen molar-refractivity contribution in [1.29, 1.82) is 0 Å². The van der Waals surface area contributed by atoms with Crippen molar-refractivity contribution in [2.45, 2.75) is 26.3 Å². The highest BCUT2D eigenvalue weighted by molar-refractivity contribution is 5.21. The van der Waals surface area contributed by atoms with Crippen LogP contribution in [-0.4, -0.2) is 16.7 Å². The molecule has 0 unspecified atom stereocenters. The molecular weight excluding hydrogens is 252 g/mol. The zero-order valence-electron chi connectivity index (χ0n) is 10.6. The molecule has 0 saturated heterocycles. The molecule has 0 aliphatic carbocycles. The predicted octanol–water partition coefficient (Wildman–Crippen LogP) is 2.44. The van der Waals surface area contributed by atoms with Crippen LogP contribution in [0.25, 0.3) is 0 Å². The molecule has 0 bridgehead atoms. The average Bonchev–Trinajstić information content (AvgIpc) is 2.76. The summed E-state index contributed by atoms with van der Waals surface area (Å²) in [4.78, 5) is 4.15. The van der Waals surface area contributed by atoms with Gasteiger partial charge < -0.3 is 9.84 Å². The van der Waals surface area contributed by atoms with Crippen molar-refractivity contribution in [3.05, 3.63) is 47.1 Å². The van der Waals surface area contributed by atoms with Crippen LogP contribution >= 0.6 is 0 Å². The smallest absolute Gasteiger partial charge is 0.240 e. The van der Waals surface area contributed by atoms with Gasteiger partial charge in [-0.3, -0.25) is 0 Å². The summed E-state index contributed by atoms with van der Waals surface area (Å²) in [6.45, 7) is 3.43. The third kappa shape index (κ3) is 4.10. The van der Waals surface area contributed by atoms with E-state index in [1.807, 2.05) is 0 Å². The van der Waals surface area contributed by atoms with E-state index in [1.54, 1.807) is 0 Å². The number of nitrogens with one attached hydrogen (secondary N) is 1. The monoisotopic (exact) mass is 267 g/mol. The van der Waals surface area contributed by atoms with Crippen LogP contribution in [0.2, 0.25) is 0 Å². The van der Waals surface area contributed by atoms with Gasteiger partial charge in [-0.25, -0.2) is 8.78 Å². The van der Waals surface area contributed by atoms with Crippen molar-refractivity contribution in [2.24, 2.45) is 0 Å². The molecule has 0 atom stereocenters. The molecular formula is C13H15F2N3O. The zero-order chi connectivity index (χ0) is 13.7. The van der Waals surface area contributed by atoms with Gasteiger partial charge in [0.25, 0.3) is 0 Å². The SMILES string of the molecule is CCCNCc1nc(Cc2cc(F)cc(F)c2)no1. The Morgan fingerprint density at radius 2 is 1.95 bits per heavy atom. The Kier molecular flexibility index (Phi) is 4.57. The van der Waals surface area contributed by atoms with Gasteiger partial charge in [-0.1, -0.05) is 12.1 Å². The largest absolute Gasteiger partial charge is 0.338 e. The van der Waals surface area contributed by atoms with Crippen molar-refractivity contribution in [2.75, 3.05) is 6.54 Å². The lowest BCUT2D eigenvalue weighted by Crippen LogP contribution is -2.13. The molecule has 0 radical (unpaired) electrons. The third-order valence-corrected chi connectivity index (χ3v) is 2.50. The normalized spacial score (nSPS) is 10.9. The van der Waals surface area contributed by atoms with Gasteiger partial charge in [-0.2, -0.15) is 4.98 Å². The van der Waals surface area contributed by atoms with Gasteiger partial charge in [-0.15, -0.1) is 0 Å². The van der Waals surface area contributed by atoms with Crippen LogP contribution in [0, 0.1) is 11.6 Å². The molecule has 1 aromatic carbocycles. The number of aromatic nitrogens is 2. The van der Waals surface area contributed by atoms with E-state index in [2.05, 4.69) is 22.4 Å². The Balaban J connectivity index is 1.99. The molecule has 1 aromatic heterocycles. The van der Waals surface area contributed by atoms with Crippen LogP contribution in [0.1, 0.15) is 30.6 Å². The highest BCUT2D eigenvalue weighted by Gasteiger charge is 2.08. The molecule has 6 heteroatoms. The first kappa shape index (κ1) is 13.6. The molecule has 0 fully saturated rings. The number of benzene rings is 1. The van der Waals surface area contributed by atoms with E-state index >= 15 is 0 Å². The minimum absolute atomic E-state index is 0.242. The molecule has 0 aliphatic heterocycles. The number of halogens is 2. The molecule has 0 saturated carbocycles. The Morgan fingerprint density at radius 3 is 2.63 bits per heavy atom. The third-order valence-electron chi connectivity index (χ3n) is 2.50. The van der Waals surface area contributed by atoms with Crippen molar-refractivity contribution in [3.63, 3.8) is 0 Å².